The molecule has 0 radical (unpaired) electrons. The SMILES string of the molecule is Cl.O=C(CC1CCOCC1)NCCCN1CCNCC1. The van der Waals surface area contributed by atoms with Gasteiger partial charge in [0.2, 0.25) is 5.91 Å². The third-order valence-corrected chi connectivity index (χ3v) is 4.00. The maximum Gasteiger partial charge on any atom is 0.220 e. The summed E-state index contributed by atoms with van der Waals surface area (Å²) in [6, 6.07) is 0. The number of rotatable bonds is 6. The van der Waals surface area contributed by atoms with E-state index in [2.05, 4.69) is 15.5 Å². The van der Waals surface area contributed by atoms with Crippen LogP contribution in [0.3, 0.4) is 0 Å². The van der Waals surface area contributed by atoms with Gasteiger partial charge >= 0.3 is 0 Å². The van der Waals surface area contributed by atoms with Crippen LogP contribution in [0.25, 0.3) is 0 Å². The maximum absolute atomic E-state index is 11.8. The second kappa shape index (κ2) is 10.4. The Kier molecular flexibility index (Phi) is 9.18. The van der Waals surface area contributed by atoms with Gasteiger partial charge in [0.15, 0.2) is 0 Å². The van der Waals surface area contributed by atoms with Crippen LogP contribution < -0.4 is 10.6 Å². The number of hydrogen-bond donors (Lipinski definition) is 2. The van der Waals surface area contributed by atoms with Crippen molar-refractivity contribution in [3.8, 4) is 0 Å². The van der Waals surface area contributed by atoms with E-state index in [-0.39, 0.29) is 18.3 Å². The van der Waals surface area contributed by atoms with Gasteiger partial charge in [0, 0.05) is 52.4 Å². The molecule has 118 valence electrons. The van der Waals surface area contributed by atoms with Crippen LogP contribution in [-0.2, 0) is 9.53 Å². The van der Waals surface area contributed by atoms with Crippen molar-refractivity contribution in [2.24, 2.45) is 5.92 Å². The maximum atomic E-state index is 11.8. The third-order valence-electron chi connectivity index (χ3n) is 4.00. The van der Waals surface area contributed by atoms with E-state index in [0.717, 1.165) is 71.7 Å². The second-order valence-corrected chi connectivity index (χ2v) is 5.56. The molecule has 2 fully saturated rings. The highest BCUT2D eigenvalue weighted by Crippen LogP contribution is 2.17. The van der Waals surface area contributed by atoms with E-state index in [9.17, 15) is 4.79 Å². The Hall–Kier alpha value is -0.360. The lowest BCUT2D eigenvalue weighted by atomic mass is 9.96. The van der Waals surface area contributed by atoms with Crippen molar-refractivity contribution in [1.29, 1.82) is 0 Å². The Labute approximate surface area is 128 Å². The Bertz CT molecular complexity index is 267. The highest BCUT2D eigenvalue weighted by Gasteiger charge is 2.17. The van der Waals surface area contributed by atoms with E-state index >= 15 is 0 Å². The molecule has 0 atom stereocenters. The number of ether oxygens (including phenoxy) is 1. The molecule has 0 unspecified atom stereocenters. The number of halogens is 1. The summed E-state index contributed by atoms with van der Waals surface area (Å²) in [6.45, 7) is 8.01. The van der Waals surface area contributed by atoms with E-state index in [4.69, 9.17) is 4.74 Å². The van der Waals surface area contributed by atoms with Gasteiger partial charge in [-0.25, -0.2) is 0 Å². The Morgan fingerprint density at radius 2 is 1.95 bits per heavy atom. The van der Waals surface area contributed by atoms with E-state index < -0.39 is 0 Å². The van der Waals surface area contributed by atoms with E-state index in [0.29, 0.717) is 12.3 Å². The molecule has 2 aliphatic rings. The van der Waals surface area contributed by atoms with Crippen LogP contribution in [0.15, 0.2) is 0 Å². The molecule has 2 aliphatic heterocycles. The Morgan fingerprint density at radius 1 is 1.25 bits per heavy atom. The summed E-state index contributed by atoms with van der Waals surface area (Å²) in [6.07, 6.45) is 3.80. The van der Waals surface area contributed by atoms with Crippen LogP contribution in [0.5, 0.6) is 0 Å². The van der Waals surface area contributed by atoms with Gasteiger partial charge in [-0.3, -0.25) is 4.79 Å². The zero-order valence-electron chi connectivity index (χ0n) is 12.2. The second-order valence-electron chi connectivity index (χ2n) is 5.56. The first-order chi connectivity index (χ1) is 9.34. The molecule has 0 spiro atoms. The third kappa shape index (κ3) is 6.88. The van der Waals surface area contributed by atoms with Gasteiger partial charge < -0.3 is 20.3 Å². The van der Waals surface area contributed by atoms with Crippen molar-refractivity contribution in [2.75, 3.05) is 52.5 Å². The van der Waals surface area contributed by atoms with Crippen molar-refractivity contribution in [3.63, 3.8) is 0 Å². The molecule has 0 bridgehead atoms. The summed E-state index contributed by atoms with van der Waals surface area (Å²) >= 11 is 0. The van der Waals surface area contributed by atoms with Gasteiger partial charge in [0.05, 0.1) is 0 Å². The quantitative estimate of drug-likeness (QED) is 0.707. The van der Waals surface area contributed by atoms with E-state index in [1.165, 1.54) is 0 Å². The lowest BCUT2D eigenvalue weighted by Crippen LogP contribution is -2.44. The van der Waals surface area contributed by atoms with Crippen LogP contribution in [0.4, 0.5) is 0 Å². The summed E-state index contributed by atoms with van der Waals surface area (Å²) in [4.78, 5) is 14.2. The number of piperazine rings is 1. The first-order valence-corrected chi connectivity index (χ1v) is 7.62. The van der Waals surface area contributed by atoms with Crippen molar-refractivity contribution in [2.45, 2.75) is 25.7 Å². The van der Waals surface area contributed by atoms with E-state index in [1.807, 2.05) is 0 Å². The predicted octanol–water partition coefficient (Wildman–Crippen LogP) is 0.636. The molecule has 0 saturated carbocycles. The number of amides is 1. The Balaban J connectivity index is 0.00000200. The standard InChI is InChI=1S/C14H27N3O2.ClH/c18-14(12-13-2-10-19-11-3-13)16-4-1-7-17-8-5-15-6-9-17;/h13,15H,1-12H2,(H,16,18);1H. The minimum Gasteiger partial charge on any atom is -0.381 e. The molecule has 0 aliphatic carbocycles. The molecule has 2 saturated heterocycles. The summed E-state index contributed by atoms with van der Waals surface area (Å²) in [5.74, 6) is 0.745. The molecule has 0 aromatic rings. The molecule has 5 nitrogen and oxygen atoms in total. The first kappa shape index (κ1) is 17.7. The fourth-order valence-electron chi connectivity index (χ4n) is 2.75. The molecule has 0 aromatic heterocycles. The van der Waals surface area contributed by atoms with Crippen molar-refractivity contribution < 1.29 is 9.53 Å². The fourth-order valence-corrected chi connectivity index (χ4v) is 2.75. The Morgan fingerprint density at radius 3 is 2.65 bits per heavy atom. The largest absolute Gasteiger partial charge is 0.381 e. The molecule has 2 N–H and O–H groups in total. The number of carbonyl (C=O) groups excluding carboxylic acids is 1. The average Bonchev–Trinajstić information content (AvgIpc) is 2.46. The lowest BCUT2D eigenvalue weighted by molar-refractivity contribution is -0.122. The van der Waals surface area contributed by atoms with Crippen molar-refractivity contribution in [3.05, 3.63) is 0 Å². The monoisotopic (exact) mass is 305 g/mol. The van der Waals surface area contributed by atoms with Gasteiger partial charge in [0.1, 0.15) is 0 Å². The van der Waals surface area contributed by atoms with Crippen molar-refractivity contribution in [1.82, 2.24) is 15.5 Å². The molecule has 0 aromatic carbocycles. The molecular formula is C14H28ClN3O2. The minimum absolute atomic E-state index is 0. The predicted molar refractivity (Wildman–Crippen MR) is 82.3 cm³/mol. The van der Waals surface area contributed by atoms with Gasteiger partial charge in [-0.2, -0.15) is 0 Å². The van der Waals surface area contributed by atoms with Crippen LogP contribution in [-0.4, -0.2) is 63.3 Å². The minimum atomic E-state index is 0. The molecular weight excluding hydrogens is 278 g/mol. The zero-order valence-corrected chi connectivity index (χ0v) is 13.1. The normalized spacial score (nSPS) is 21.2. The fraction of sp³-hybridized carbons (Fsp3) is 0.929. The highest BCUT2D eigenvalue weighted by molar-refractivity contribution is 5.85. The van der Waals surface area contributed by atoms with Crippen LogP contribution in [0.1, 0.15) is 25.7 Å². The summed E-state index contributed by atoms with van der Waals surface area (Å²) < 4.78 is 5.30. The van der Waals surface area contributed by atoms with Gasteiger partial charge in [0.25, 0.3) is 0 Å². The van der Waals surface area contributed by atoms with Gasteiger partial charge in [-0.15, -0.1) is 12.4 Å². The molecule has 20 heavy (non-hydrogen) atoms. The number of nitrogens with zero attached hydrogens (tertiary/aromatic N) is 1. The number of hydrogen-bond acceptors (Lipinski definition) is 4. The first-order valence-electron chi connectivity index (χ1n) is 7.62. The summed E-state index contributed by atoms with van der Waals surface area (Å²) in [5, 5.41) is 6.39. The van der Waals surface area contributed by atoms with Crippen LogP contribution in [0, 0.1) is 5.92 Å². The van der Waals surface area contributed by atoms with Crippen LogP contribution >= 0.6 is 12.4 Å². The molecule has 2 heterocycles. The highest BCUT2D eigenvalue weighted by atomic mass is 35.5. The average molecular weight is 306 g/mol. The van der Waals surface area contributed by atoms with Gasteiger partial charge in [-0.1, -0.05) is 0 Å². The van der Waals surface area contributed by atoms with E-state index in [1.54, 1.807) is 0 Å². The topological polar surface area (TPSA) is 53.6 Å². The molecule has 2 rings (SSSR count). The lowest BCUT2D eigenvalue weighted by Gasteiger charge is -2.27. The smallest absolute Gasteiger partial charge is 0.220 e. The summed E-state index contributed by atoms with van der Waals surface area (Å²) in [7, 11) is 0. The van der Waals surface area contributed by atoms with Gasteiger partial charge in [-0.05, 0) is 31.7 Å². The molecule has 1 amide bonds. The number of nitrogens with one attached hydrogen (secondary N) is 2. The van der Waals surface area contributed by atoms with Crippen LogP contribution in [0.2, 0.25) is 0 Å². The molecule has 6 heteroatoms. The zero-order chi connectivity index (χ0) is 13.3. The van der Waals surface area contributed by atoms with Crippen molar-refractivity contribution >= 4 is 18.3 Å². The number of carbonyl (C=O) groups is 1. The summed E-state index contributed by atoms with van der Waals surface area (Å²) in [5.41, 5.74) is 0.